The van der Waals surface area contributed by atoms with Crippen LogP contribution in [0.25, 0.3) is 11.3 Å². The molecule has 1 amide bonds. The van der Waals surface area contributed by atoms with Gasteiger partial charge in [-0.3, -0.25) is 14.9 Å². The van der Waals surface area contributed by atoms with Crippen LogP contribution in [0.1, 0.15) is 29.8 Å². The van der Waals surface area contributed by atoms with Gasteiger partial charge in [-0.2, -0.15) is 5.10 Å². The highest BCUT2D eigenvalue weighted by Gasteiger charge is 2.15. The molecule has 116 valence electrons. The molecule has 1 atom stereocenters. The molecule has 1 unspecified atom stereocenters. The number of ether oxygens (including phenoxy) is 1. The maximum absolute atomic E-state index is 12.1. The quantitative estimate of drug-likeness (QED) is 0.885. The average molecular weight is 300 g/mol. The summed E-state index contributed by atoms with van der Waals surface area (Å²) < 4.78 is 5.44. The van der Waals surface area contributed by atoms with Crippen LogP contribution in [0.2, 0.25) is 0 Å². The third-order valence-electron chi connectivity index (χ3n) is 3.89. The number of rotatable bonds is 5. The zero-order chi connectivity index (χ0) is 15.2. The second-order valence-electron chi connectivity index (χ2n) is 5.53. The number of pyridine rings is 1. The van der Waals surface area contributed by atoms with Crippen LogP contribution in [0.15, 0.2) is 30.6 Å². The van der Waals surface area contributed by atoms with Crippen molar-refractivity contribution in [1.29, 1.82) is 0 Å². The van der Waals surface area contributed by atoms with Gasteiger partial charge in [0, 0.05) is 37.7 Å². The highest BCUT2D eigenvalue weighted by molar-refractivity contribution is 5.93. The highest BCUT2D eigenvalue weighted by atomic mass is 16.5. The summed E-state index contributed by atoms with van der Waals surface area (Å²) in [6, 6.07) is 5.48. The number of carbonyl (C=O) groups is 1. The molecule has 0 saturated carbocycles. The first-order chi connectivity index (χ1) is 10.8. The zero-order valence-corrected chi connectivity index (χ0v) is 12.4. The molecule has 1 saturated heterocycles. The molecule has 3 rings (SSSR count). The number of aromatic nitrogens is 3. The van der Waals surface area contributed by atoms with Crippen LogP contribution < -0.4 is 5.32 Å². The first-order valence-electron chi connectivity index (χ1n) is 7.64. The molecule has 1 fully saturated rings. The monoisotopic (exact) mass is 300 g/mol. The molecular weight excluding hydrogens is 280 g/mol. The Morgan fingerprint density at radius 2 is 2.27 bits per heavy atom. The van der Waals surface area contributed by atoms with Gasteiger partial charge >= 0.3 is 0 Å². The van der Waals surface area contributed by atoms with Crippen molar-refractivity contribution in [2.45, 2.75) is 19.3 Å². The van der Waals surface area contributed by atoms with Crippen LogP contribution in [0.4, 0.5) is 0 Å². The predicted molar refractivity (Wildman–Crippen MR) is 82.3 cm³/mol. The lowest BCUT2D eigenvalue weighted by Gasteiger charge is -2.21. The van der Waals surface area contributed by atoms with Crippen LogP contribution in [-0.4, -0.2) is 40.8 Å². The maximum atomic E-state index is 12.1. The molecule has 2 aromatic rings. The second-order valence-corrected chi connectivity index (χ2v) is 5.53. The Labute approximate surface area is 129 Å². The molecule has 0 bridgehead atoms. The molecule has 0 spiro atoms. The molecule has 2 aromatic heterocycles. The van der Waals surface area contributed by atoms with Gasteiger partial charge in [0.05, 0.1) is 5.69 Å². The molecule has 22 heavy (non-hydrogen) atoms. The fourth-order valence-electron chi connectivity index (χ4n) is 2.63. The van der Waals surface area contributed by atoms with Crippen molar-refractivity contribution in [2.75, 3.05) is 19.8 Å². The Hall–Kier alpha value is -2.21. The number of nitrogens with zero attached hydrogens (tertiary/aromatic N) is 2. The number of hydrogen-bond donors (Lipinski definition) is 2. The van der Waals surface area contributed by atoms with Crippen molar-refractivity contribution in [2.24, 2.45) is 5.92 Å². The minimum Gasteiger partial charge on any atom is -0.381 e. The minimum absolute atomic E-state index is 0.121. The largest absolute Gasteiger partial charge is 0.381 e. The van der Waals surface area contributed by atoms with E-state index >= 15 is 0 Å². The van der Waals surface area contributed by atoms with Crippen LogP contribution in [0.5, 0.6) is 0 Å². The molecular formula is C16H20N4O2. The van der Waals surface area contributed by atoms with Gasteiger partial charge in [-0.05, 0) is 43.4 Å². The summed E-state index contributed by atoms with van der Waals surface area (Å²) in [5.41, 5.74) is 2.16. The number of nitrogens with one attached hydrogen (secondary N) is 2. The summed E-state index contributed by atoms with van der Waals surface area (Å²) in [5, 5.41) is 9.89. The van der Waals surface area contributed by atoms with E-state index in [1.165, 1.54) is 6.42 Å². The van der Waals surface area contributed by atoms with Crippen molar-refractivity contribution < 1.29 is 9.53 Å². The number of H-pyrrole nitrogens is 1. The molecule has 1 aliphatic heterocycles. The Morgan fingerprint density at radius 1 is 1.41 bits per heavy atom. The molecule has 0 aliphatic carbocycles. The van der Waals surface area contributed by atoms with Gasteiger partial charge in [0.15, 0.2) is 0 Å². The SMILES string of the molecule is O=C(NCCC1CCCOC1)c1cc(-c2ccncc2)n[nH]1. The van der Waals surface area contributed by atoms with E-state index in [9.17, 15) is 4.79 Å². The third kappa shape index (κ3) is 3.71. The highest BCUT2D eigenvalue weighted by Crippen LogP contribution is 2.17. The first kappa shape index (κ1) is 14.7. The van der Waals surface area contributed by atoms with Crippen molar-refractivity contribution in [3.8, 4) is 11.3 Å². The van der Waals surface area contributed by atoms with Crippen LogP contribution >= 0.6 is 0 Å². The van der Waals surface area contributed by atoms with Gasteiger partial charge in [-0.25, -0.2) is 0 Å². The molecule has 0 radical (unpaired) electrons. The van der Waals surface area contributed by atoms with Crippen LogP contribution in [0, 0.1) is 5.92 Å². The van der Waals surface area contributed by atoms with Crippen molar-refractivity contribution in [3.63, 3.8) is 0 Å². The van der Waals surface area contributed by atoms with Crippen LogP contribution in [0.3, 0.4) is 0 Å². The van der Waals surface area contributed by atoms with Gasteiger partial charge in [0.25, 0.3) is 5.91 Å². The Morgan fingerprint density at radius 3 is 3.05 bits per heavy atom. The molecule has 3 heterocycles. The molecule has 0 aromatic carbocycles. The average Bonchev–Trinajstić information content (AvgIpc) is 3.07. The van der Waals surface area contributed by atoms with E-state index in [4.69, 9.17) is 4.74 Å². The maximum Gasteiger partial charge on any atom is 0.269 e. The fraction of sp³-hybridized carbons (Fsp3) is 0.438. The fourth-order valence-corrected chi connectivity index (χ4v) is 2.63. The summed E-state index contributed by atoms with van der Waals surface area (Å²) in [7, 11) is 0. The van der Waals surface area contributed by atoms with Crippen LogP contribution in [-0.2, 0) is 4.74 Å². The topological polar surface area (TPSA) is 79.9 Å². The molecule has 2 N–H and O–H groups in total. The lowest BCUT2D eigenvalue weighted by atomic mass is 9.99. The number of aromatic amines is 1. The van der Waals surface area contributed by atoms with Crippen molar-refractivity contribution in [3.05, 3.63) is 36.3 Å². The van der Waals surface area contributed by atoms with E-state index in [0.29, 0.717) is 18.2 Å². The number of hydrogen-bond acceptors (Lipinski definition) is 4. The lowest BCUT2D eigenvalue weighted by Crippen LogP contribution is -2.28. The van der Waals surface area contributed by atoms with Gasteiger partial charge in [-0.1, -0.05) is 0 Å². The summed E-state index contributed by atoms with van der Waals surface area (Å²) >= 11 is 0. The van der Waals surface area contributed by atoms with Crippen molar-refractivity contribution >= 4 is 5.91 Å². The molecule has 6 heteroatoms. The lowest BCUT2D eigenvalue weighted by molar-refractivity contribution is 0.0514. The molecule has 6 nitrogen and oxygen atoms in total. The smallest absolute Gasteiger partial charge is 0.269 e. The van der Waals surface area contributed by atoms with E-state index < -0.39 is 0 Å². The van der Waals surface area contributed by atoms with Gasteiger partial charge in [0.1, 0.15) is 5.69 Å². The summed E-state index contributed by atoms with van der Waals surface area (Å²) in [4.78, 5) is 16.1. The Bertz CT molecular complexity index is 606. The van der Waals surface area contributed by atoms with Gasteiger partial charge in [0.2, 0.25) is 0 Å². The third-order valence-corrected chi connectivity index (χ3v) is 3.89. The Balaban J connectivity index is 1.51. The van der Waals surface area contributed by atoms with Crippen molar-refractivity contribution in [1.82, 2.24) is 20.5 Å². The number of amides is 1. The molecule has 1 aliphatic rings. The first-order valence-corrected chi connectivity index (χ1v) is 7.64. The number of carbonyl (C=O) groups excluding carboxylic acids is 1. The Kier molecular flexibility index (Phi) is 4.80. The van der Waals surface area contributed by atoms with Gasteiger partial charge in [-0.15, -0.1) is 0 Å². The normalized spacial score (nSPS) is 18.1. The predicted octanol–water partition coefficient (Wildman–Crippen LogP) is 2.02. The van der Waals surface area contributed by atoms with E-state index in [0.717, 1.165) is 37.3 Å². The zero-order valence-electron chi connectivity index (χ0n) is 12.4. The van der Waals surface area contributed by atoms with E-state index in [1.54, 1.807) is 18.5 Å². The van der Waals surface area contributed by atoms with E-state index in [1.807, 2.05) is 12.1 Å². The minimum atomic E-state index is -0.121. The standard InChI is InChI=1S/C16H20N4O2/c21-16(18-8-3-12-2-1-9-22-11-12)15-10-14(19-20-15)13-4-6-17-7-5-13/h4-7,10,12H,1-3,8-9,11H2,(H,18,21)(H,19,20). The summed E-state index contributed by atoms with van der Waals surface area (Å²) in [6.45, 7) is 2.34. The van der Waals surface area contributed by atoms with E-state index in [2.05, 4.69) is 20.5 Å². The summed E-state index contributed by atoms with van der Waals surface area (Å²) in [5.74, 6) is 0.438. The van der Waals surface area contributed by atoms with E-state index in [-0.39, 0.29) is 5.91 Å². The van der Waals surface area contributed by atoms with Gasteiger partial charge < -0.3 is 10.1 Å². The second kappa shape index (κ2) is 7.17. The summed E-state index contributed by atoms with van der Waals surface area (Å²) in [6.07, 6.45) is 6.67.